The molecule has 0 bridgehead atoms. The number of rotatable bonds is 7. The van der Waals surface area contributed by atoms with Crippen molar-refractivity contribution in [1.29, 1.82) is 0 Å². The van der Waals surface area contributed by atoms with Gasteiger partial charge in [0.15, 0.2) is 11.6 Å². The van der Waals surface area contributed by atoms with E-state index in [0.717, 1.165) is 49.8 Å². The van der Waals surface area contributed by atoms with Crippen molar-refractivity contribution < 1.29 is 0 Å². The van der Waals surface area contributed by atoms with Crippen molar-refractivity contribution in [2.24, 2.45) is 4.99 Å². The number of pyridine rings is 1. The first-order valence-electron chi connectivity index (χ1n) is 9.28. The maximum absolute atomic E-state index is 4.30. The first-order valence-corrected chi connectivity index (χ1v) is 9.28. The van der Waals surface area contributed by atoms with Crippen molar-refractivity contribution in [3.63, 3.8) is 0 Å². The van der Waals surface area contributed by atoms with E-state index in [1.165, 1.54) is 25.7 Å². The standard InChI is InChI=1S/C19H28N6.HI/c1-20-19(22-14-12-16-8-3-2-4-9-16)21-13-7-11-18-24-23-17-10-5-6-15-25(17)18;/h5-6,8,10,15H,2-4,7,9,11-14H2,1H3,(H2,20,21,22);1H. The normalized spacial score (nSPS) is 14.7. The summed E-state index contributed by atoms with van der Waals surface area (Å²) in [5.41, 5.74) is 2.49. The molecule has 26 heavy (non-hydrogen) atoms. The van der Waals surface area contributed by atoms with Gasteiger partial charge in [-0.2, -0.15) is 0 Å². The highest BCUT2D eigenvalue weighted by Crippen LogP contribution is 2.19. The summed E-state index contributed by atoms with van der Waals surface area (Å²) >= 11 is 0. The number of guanidine groups is 1. The SMILES string of the molecule is CN=C(NCCCc1nnc2ccccn12)NCCC1=CCCCC1.I. The number of aryl methyl sites for hydroxylation is 1. The van der Waals surface area contributed by atoms with Gasteiger partial charge in [0.1, 0.15) is 5.82 Å². The second-order valence-corrected chi connectivity index (χ2v) is 6.43. The molecular formula is C19H29IN6. The fraction of sp³-hybridized carbons (Fsp3) is 0.526. The molecule has 1 aliphatic rings. The second-order valence-electron chi connectivity index (χ2n) is 6.43. The Morgan fingerprint density at radius 1 is 1.15 bits per heavy atom. The maximum Gasteiger partial charge on any atom is 0.190 e. The molecule has 0 aromatic carbocycles. The van der Waals surface area contributed by atoms with E-state index in [2.05, 4.69) is 31.9 Å². The highest BCUT2D eigenvalue weighted by molar-refractivity contribution is 14.0. The van der Waals surface area contributed by atoms with Gasteiger partial charge in [-0.3, -0.25) is 9.39 Å². The number of fused-ring (bicyclic) bond motifs is 1. The third-order valence-electron chi connectivity index (χ3n) is 4.60. The van der Waals surface area contributed by atoms with E-state index in [4.69, 9.17) is 0 Å². The van der Waals surface area contributed by atoms with Gasteiger partial charge >= 0.3 is 0 Å². The quantitative estimate of drug-likeness (QED) is 0.215. The summed E-state index contributed by atoms with van der Waals surface area (Å²) in [6.07, 6.45) is 12.6. The van der Waals surface area contributed by atoms with Crippen molar-refractivity contribution in [3.05, 3.63) is 41.9 Å². The van der Waals surface area contributed by atoms with Crippen LogP contribution in [0, 0.1) is 0 Å². The van der Waals surface area contributed by atoms with Gasteiger partial charge in [-0.15, -0.1) is 34.2 Å². The minimum Gasteiger partial charge on any atom is -0.356 e. The summed E-state index contributed by atoms with van der Waals surface area (Å²) in [6.45, 7) is 1.81. The van der Waals surface area contributed by atoms with E-state index < -0.39 is 0 Å². The van der Waals surface area contributed by atoms with Gasteiger partial charge in [-0.05, 0) is 50.7 Å². The number of halogens is 1. The summed E-state index contributed by atoms with van der Waals surface area (Å²) < 4.78 is 2.05. The smallest absolute Gasteiger partial charge is 0.190 e. The van der Waals surface area contributed by atoms with Gasteiger partial charge < -0.3 is 10.6 Å². The van der Waals surface area contributed by atoms with Crippen LogP contribution in [0.15, 0.2) is 41.0 Å². The zero-order valence-electron chi connectivity index (χ0n) is 15.4. The lowest BCUT2D eigenvalue weighted by molar-refractivity contribution is 0.662. The topological polar surface area (TPSA) is 66.6 Å². The molecule has 0 unspecified atom stereocenters. The summed E-state index contributed by atoms with van der Waals surface area (Å²) in [7, 11) is 1.82. The summed E-state index contributed by atoms with van der Waals surface area (Å²) in [6, 6.07) is 5.96. The molecule has 0 saturated carbocycles. The first-order chi connectivity index (χ1) is 12.4. The van der Waals surface area contributed by atoms with Gasteiger partial charge in [0.25, 0.3) is 0 Å². The Kier molecular flexibility index (Phi) is 8.87. The molecule has 0 spiro atoms. The third kappa shape index (κ3) is 5.96. The molecule has 0 amide bonds. The van der Waals surface area contributed by atoms with E-state index in [1.54, 1.807) is 5.57 Å². The minimum absolute atomic E-state index is 0. The minimum atomic E-state index is 0. The van der Waals surface area contributed by atoms with Crippen LogP contribution in [0.4, 0.5) is 0 Å². The highest BCUT2D eigenvalue weighted by Gasteiger charge is 2.05. The van der Waals surface area contributed by atoms with Crippen molar-refractivity contribution in [1.82, 2.24) is 25.2 Å². The van der Waals surface area contributed by atoms with Crippen LogP contribution in [0.1, 0.15) is 44.3 Å². The number of aromatic nitrogens is 3. The van der Waals surface area contributed by atoms with Crippen molar-refractivity contribution >= 4 is 35.6 Å². The molecule has 2 aromatic heterocycles. The van der Waals surface area contributed by atoms with E-state index in [1.807, 2.05) is 35.8 Å². The molecule has 0 radical (unpaired) electrons. The molecule has 0 fully saturated rings. The Balaban J connectivity index is 0.00000243. The second kappa shape index (κ2) is 11.2. The number of hydrogen-bond donors (Lipinski definition) is 2. The highest BCUT2D eigenvalue weighted by atomic mass is 127. The number of allylic oxidation sites excluding steroid dienone is 1. The van der Waals surface area contributed by atoms with Crippen molar-refractivity contribution in [2.75, 3.05) is 20.1 Å². The van der Waals surface area contributed by atoms with Crippen LogP contribution in [0.5, 0.6) is 0 Å². The predicted molar refractivity (Wildman–Crippen MR) is 117 cm³/mol. The Labute approximate surface area is 172 Å². The molecule has 7 heteroatoms. The van der Waals surface area contributed by atoms with Crippen molar-refractivity contribution in [2.45, 2.75) is 44.9 Å². The molecule has 0 saturated heterocycles. The Bertz CT molecular complexity index is 736. The Morgan fingerprint density at radius 2 is 2.04 bits per heavy atom. The Morgan fingerprint density at radius 3 is 2.85 bits per heavy atom. The molecule has 0 atom stereocenters. The predicted octanol–water partition coefficient (Wildman–Crippen LogP) is 3.34. The van der Waals surface area contributed by atoms with Crippen LogP contribution >= 0.6 is 24.0 Å². The van der Waals surface area contributed by atoms with Gasteiger partial charge in [0.05, 0.1) is 0 Å². The average molecular weight is 468 g/mol. The maximum atomic E-state index is 4.30. The van der Waals surface area contributed by atoms with E-state index in [-0.39, 0.29) is 24.0 Å². The van der Waals surface area contributed by atoms with Crippen molar-refractivity contribution in [3.8, 4) is 0 Å². The lowest BCUT2D eigenvalue weighted by Gasteiger charge is -2.15. The third-order valence-corrected chi connectivity index (χ3v) is 4.60. The fourth-order valence-corrected chi connectivity index (χ4v) is 3.21. The van der Waals surface area contributed by atoms with Crippen LogP contribution < -0.4 is 10.6 Å². The van der Waals surface area contributed by atoms with Crippen LogP contribution in [-0.2, 0) is 6.42 Å². The monoisotopic (exact) mass is 468 g/mol. The number of nitrogens with zero attached hydrogens (tertiary/aromatic N) is 4. The number of nitrogens with one attached hydrogen (secondary N) is 2. The van der Waals surface area contributed by atoms with Crippen LogP contribution in [0.2, 0.25) is 0 Å². The largest absolute Gasteiger partial charge is 0.356 e. The fourth-order valence-electron chi connectivity index (χ4n) is 3.21. The van der Waals surface area contributed by atoms with Gasteiger partial charge in [-0.1, -0.05) is 17.7 Å². The first kappa shape index (κ1) is 20.7. The molecule has 2 heterocycles. The lowest BCUT2D eigenvalue weighted by Crippen LogP contribution is -2.38. The Hall–Kier alpha value is -1.64. The zero-order valence-corrected chi connectivity index (χ0v) is 17.8. The van der Waals surface area contributed by atoms with Gasteiger partial charge in [-0.25, -0.2) is 0 Å². The summed E-state index contributed by atoms with van der Waals surface area (Å²) in [4.78, 5) is 4.30. The van der Waals surface area contributed by atoms with Gasteiger partial charge in [0.2, 0.25) is 0 Å². The molecule has 142 valence electrons. The van der Waals surface area contributed by atoms with E-state index >= 15 is 0 Å². The molecule has 2 aromatic rings. The molecule has 1 aliphatic carbocycles. The number of hydrogen-bond acceptors (Lipinski definition) is 3. The summed E-state index contributed by atoms with van der Waals surface area (Å²) in [5, 5.41) is 15.2. The molecule has 3 rings (SSSR count). The van der Waals surface area contributed by atoms with Crippen LogP contribution in [0.25, 0.3) is 5.65 Å². The molecular weight excluding hydrogens is 439 g/mol. The van der Waals surface area contributed by atoms with Crippen LogP contribution in [0.3, 0.4) is 0 Å². The molecule has 2 N–H and O–H groups in total. The van der Waals surface area contributed by atoms with E-state index in [0.29, 0.717) is 0 Å². The summed E-state index contributed by atoms with van der Waals surface area (Å²) in [5.74, 6) is 1.88. The zero-order chi connectivity index (χ0) is 17.3. The lowest BCUT2D eigenvalue weighted by atomic mass is 9.97. The number of aliphatic imine (C=N–C) groups is 1. The van der Waals surface area contributed by atoms with Gasteiger partial charge in [0, 0.05) is 32.8 Å². The van der Waals surface area contributed by atoms with Crippen LogP contribution in [-0.4, -0.2) is 40.7 Å². The molecule has 0 aliphatic heterocycles. The molecule has 6 nitrogen and oxygen atoms in total. The average Bonchev–Trinajstić information content (AvgIpc) is 3.08. The van der Waals surface area contributed by atoms with E-state index in [9.17, 15) is 0 Å².